The first kappa shape index (κ1) is 8.82. The van der Waals surface area contributed by atoms with Crippen molar-refractivity contribution in [1.29, 1.82) is 5.26 Å². The van der Waals surface area contributed by atoms with E-state index in [9.17, 15) is 0 Å². The van der Waals surface area contributed by atoms with Gasteiger partial charge in [0.05, 0.1) is 12.5 Å². The Hall–Kier alpha value is -1.27. The van der Waals surface area contributed by atoms with E-state index in [0.717, 1.165) is 17.1 Å². The van der Waals surface area contributed by atoms with Crippen LogP contribution in [0.5, 0.6) is 0 Å². The van der Waals surface area contributed by atoms with Gasteiger partial charge in [0.2, 0.25) is 0 Å². The summed E-state index contributed by atoms with van der Waals surface area (Å²) in [4.78, 5) is 0. The molecular weight excluding hydrogens is 152 g/mol. The Morgan fingerprint density at radius 3 is 2.75 bits per heavy atom. The summed E-state index contributed by atoms with van der Waals surface area (Å²) < 4.78 is 5.29. The molecule has 64 valence electrons. The van der Waals surface area contributed by atoms with Gasteiger partial charge in [-0.2, -0.15) is 5.26 Å². The SMILES string of the molecule is Cc1cc(C(N)CC#N)c(C)o1. The molecule has 1 atom stereocenters. The van der Waals surface area contributed by atoms with Crippen LogP contribution in [0.2, 0.25) is 0 Å². The molecule has 2 N–H and O–H groups in total. The second kappa shape index (κ2) is 3.42. The van der Waals surface area contributed by atoms with Crippen LogP contribution < -0.4 is 5.73 Å². The lowest BCUT2D eigenvalue weighted by atomic mass is 10.1. The highest BCUT2D eigenvalue weighted by Gasteiger charge is 2.11. The first-order chi connectivity index (χ1) is 5.65. The number of aryl methyl sites for hydroxylation is 2. The van der Waals surface area contributed by atoms with Crippen molar-refractivity contribution >= 4 is 0 Å². The summed E-state index contributed by atoms with van der Waals surface area (Å²) in [7, 11) is 0. The molecule has 0 amide bonds. The molecule has 0 spiro atoms. The molecule has 12 heavy (non-hydrogen) atoms. The number of nitrogens with zero attached hydrogens (tertiary/aromatic N) is 1. The van der Waals surface area contributed by atoms with Gasteiger partial charge in [-0.25, -0.2) is 0 Å². The first-order valence-electron chi connectivity index (χ1n) is 3.84. The molecule has 0 bridgehead atoms. The summed E-state index contributed by atoms with van der Waals surface area (Å²) >= 11 is 0. The summed E-state index contributed by atoms with van der Waals surface area (Å²) in [6.07, 6.45) is 0.333. The van der Waals surface area contributed by atoms with Crippen LogP contribution in [-0.2, 0) is 0 Å². The maximum Gasteiger partial charge on any atom is 0.105 e. The normalized spacial score (nSPS) is 12.5. The van der Waals surface area contributed by atoms with Crippen LogP contribution in [0.15, 0.2) is 10.5 Å². The summed E-state index contributed by atoms with van der Waals surface area (Å²) in [5.74, 6) is 1.66. The third-order valence-electron chi connectivity index (χ3n) is 1.79. The average Bonchev–Trinajstić information content (AvgIpc) is 2.30. The maximum atomic E-state index is 8.44. The number of hydrogen-bond acceptors (Lipinski definition) is 3. The number of furan rings is 1. The summed E-state index contributed by atoms with van der Waals surface area (Å²) in [5, 5.41) is 8.44. The van der Waals surface area contributed by atoms with Gasteiger partial charge in [0, 0.05) is 11.6 Å². The molecule has 1 aromatic heterocycles. The minimum Gasteiger partial charge on any atom is -0.466 e. The van der Waals surface area contributed by atoms with Crippen LogP contribution in [0.4, 0.5) is 0 Å². The van der Waals surface area contributed by atoms with Gasteiger partial charge in [0.15, 0.2) is 0 Å². The van der Waals surface area contributed by atoms with Crippen LogP contribution in [-0.4, -0.2) is 0 Å². The number of nitrogens with two attached hydrogens (primary N) is 1. The van der Waals surface area contributed by atoms with Crippen molar-refractivity contribution in [3.8, 4) is 6.07 Å². The van der Waals surface area contributed by atoms with E-state index in [2.05, 4.69) is 0 Å². The van der Waals surface area contributed by atoms with Crippen molar-refractivity contribution in [2.45, 2.75) is 26.3 Å². The van der Waals surface area contributed by atoms with E-state index in [0.29, 0.717) is 6.42 Å². The maximum absolute atomic E-state index is 8.44. The van der Waals surface area contributed by atoms with Gasteiger partial charge >= 0.3 is 0 Å². The molecule has 1 unspecified atom stereocenters. The van der Waals surface area contributed by atoms with E-state index in [4.69, 9.17) is 15.4 Å². The Morgan fingerprint density at radius 2 is 2.33 bits per heavy atom. The molecule has 0 aliphatic carbocycles. The molecule has 1 heterocycles. The van der Waals surface area contributed by atoms with E-state index in [-0.39, 0.29) is 6.04 Å². The molecule has 3 nitrogen and oxygen atoms in total. The third kappa shape index (κ3) is 1.66. The van der Waals surface area contributed by atoms with Gasteiger partial charge in [0.1, 0.15) is 11.5 Å². The molecule has 0 fully saturated rings. The topological polar surface area (TPSA) is 63.0 Å². The lowest BCUT2D eigenvalue weighted by molar-refractivity contribution is 0.497. The zero-order chi connectivity index (χ0) is 9.14. The van der Waals surface area contributed by atoms with Crippen molar-refractivity contribution in [2.75, 3.05) is 0 Å². The standard InChI is InChI=1S/C9H12N2O/c1-6-5-8(7(2)12-6)9(11)3-4-10/h5,9H,3,11H2,1-2H3. The van der Waals surface area contributed by atoms with Crippen molar-refractivity contribution < 1.29 is 4.42 Å². The quantitative estimate of drug-likeness (QED) is 0.725. The Labute approximate surface area is 71.8 Å². The fourth-order valence-corrected chi connectivity index (χ4v) is 1.23. The van der Waals surface area contributed by atoms with Crippen molar-refractivity contribution in [1.82, 2.24) is 0 Å². The molecule has 0 saturated carbocycles. The van der Waals surface area contributed by atoms with Crippen molar-refractivity contribution in [2.24, 2.45) is 5.73 Å². The van der Waals surface area contributed by atoms with Crippen LogP contribution in [0.1, 0.15) is 29.5 Å². The van der Waals surface area contributed by atoms with E-state index in [1.807, 2.05) is 26.0 Å². The second-order valence-electron chi connectivity index (χ2n) is 2.84. The highest BCUT2D eigenvalue weighted by molar-refractivity contribution is 5.24. The lowest BCUT2D eigenvalue weighted by Gasteiger charge is -2.03. The van der Waals surface area contributed by atoms with E-state index < -0.39 is 0 Å². The summed E-state index contributed by atoms with van der Waals surface area (Å²) in [6.45, 7) is 3.73. The van der Waals surface area contributed by atoms with Gasteiger partial charge in [-0.05, 0) is 19.9 Å². The molecule has 0 radical (unpaired) electrons. The molecular formula is C9H12N2O. The Morgan fingerprint density at radius 1 is 1.67 bits per heavy atom. The Kier molecular flexibility index (Phi) is 2.51. The van der Waals surface area contributed by atoms with E-state index in [1.54, 1.807) is 0 Å². The first-order valence-corrected chi connectivity index (χ1v) is 3.84. The minimum atomic E-state index is -0.215. The van der Waals surface area contributed by atoms with E-state index in [1.165, 1.54) is 0 Å². The van der Waals surface area contributed by atoms with Gasteiger partial charge in [-0.15, -0.1) is 0 Å². The molecule has 3 heteroatoms. The third-order valence-corrected chi connectivity index (χ3v) is 1.79. The van der Waals surface area contributed by atoms with Gasteiger partial charge < -0.3 is 10.2 Å². The largest absolute Gasteiger partial charge is 0.466 e. The molecule has 1 rings (SSSR count). The zero-order valence-electron chi connectivity index (χ0n) is 7.29. The fraction of sp³-hybridized carbons (Fsp3) is 0.444. The molecule has 0 saturated heterocycles. The number of rotatable bonds is 2. The molecule has 0 aliphatic rings. The highest BCUT2D eigenvalue weighted by Crippen LogP contribution is 2.21. The highest BCUT2D eigenvalue weighted by atomic mass is 16.3. The van der Waals surface area contributed by atoms with Crippen molar-refractivity contribution in [3.63, 3.8) is 0 Å². The Bertz CT molecular complexity index is 309. The predicted octanol–water partition coefficient (Wildman–Crippen LogP) is 1.81. The minimum absolute atomic E-state index is 0.215. The van der Waals surface area contributed by atoms with Gasteiger partial charge in [0.25, 0.3) is 0 Å². The smallest absolute Gasteiger partial charge is 0.105 e. The van der Waals surface area contributed by atoms with Crippen molar-refractivity contribution in [3.05, 3.63) is 23.2 Å². The zero-order valence-corrected chi connectivity index (χ0v) is 7.29. The predicted molar refractivity (Wildman–Crippen MR) is 45.3 cm³/mol. The monoisotopic (exact) mass is 164 g/mol. The number of hydrogen-bond donors (Lipinski definition) is 1. The van der Waals surface area contributed by atoms with Crippen LogP contribution in [0.3, 0.4) is 0 Å². The average molecular weight is 164 g/mol. The Balaban J connectivity index is 2.88. The number of nitriles is 1. The molecule has 1 aromatic rings. The fourth-order valence-electron chi connectivity index (χ4n) is 1.23. The van der Waals surface area contributed by atoms with Gasteiger partial charge in [-0.1, -0.05) is 0 Å². The lowest BCUT2D eigenvalue weighted by Crippen LogP contribution is -2.09. The van der Waals surface area contributed by atoms with E-state index >= 15 is 0 Å². The summed E-state index contributed by atoms with van der Waals surface area (Å²) in [5.41, 5.74) is 6.68. The van der Waals surface area contributed by atoms with Gasteiger partial charge in [-0.3, -0.25) is 0 Å². The second-order valence-corrected chi connectivity index (χ2v) is 2.84. The van der Waals surface area contributed by atoms with Crippen LogP contribution >= 0.6 is 0 Å². The van der Waals surface area contributed by atoms with Crippen LogP contribution in [0, 0.1) is 25.2 Å². The molecule has 0 aliphatic heterocycles. The summed E-state index contributed by atoms with van der Waals surface area (Å²) in [6, 6.07) is 3.71. The van der Waals surface area contributed by atoms with Crippen LogP contribution in [0.25, 0.3) is 0 Å². The molecule has 0 aromatic carbocycles.